The Kier molecular flexibility index (Phi) is 4.11. The van der Waals surface area contributed by atoms with Crippen molar-refractivity contribution in [2.75, 3.05) is 31.0 Å². The summed E-state index contributed by atoms with van der Waals surface area (Å²) in [4.78, 5) is 26.6. The van der Waals surface area contributed by atoms with Gasteiger partial charge in [-0.25, -0.2) is 8.42 Å². The van der Waals surface area contributed by atoms with Crippen LogP contribution in [0.15, 0.2) is 23.6 Å². The minimum Gasteiger partial charge on any atom is -0.486 e. The van der Waals surface area contributed by atoms with E-state index in [2.05, 4.69) is 0 Å². The summed E-state index contributed by atoms with van der Waals surface area (Å²) in [5.41, 5.74) is 6.65. The van der Waals surface area contributed by atoms with Gasteiger partial charge in [0.15, 0.2) is 11.5 Å². The molecule has 0 saturated heterocycles. The number of carbonyl (C=O) groups excluding carboxylic acids is 2. The summed E-state index contributed by atoms with van der Waals surface area (Å²) in [6.07, 6.45) is 1.06. The van der Waals surface area contributed by atoms with Gasteiger partial charge in [-0.1, -0.05) is 6.07 Å². The first-order valence-corrected chi connectivity index (χ1v) is 11.0. The predicted octanol–water partition coefficient (Wildman–Crippen LogP) is 1.48. The van der Waals surface area contributed by atoms with Crippen molar-refractivity contribution < 1.29 is 27.5 Å². The van der Waals surface area contributed by atoms with Gasteiger partial charge in [0.1, 0.15) is 23.1 Å². The highest BCUT2D eigenvalue weighted by Gasteiger charge is 2.44. The van der Waals surface area contributed by atoms with Gasteiger partial charge in [-0.2, -0.15) is 0 Å². The number of benzene rings is 1. The molecule has 27 heavy (non-hydrogen) atoms. The average molecular weight is 408 g/mol. The van der Waals surface area contributed by atoms with E-state index in [1.807, 2.05) is 0 Å². The Morgan fingerprint density at radius 3 is 2.56 bits per heavy atom. The molecule has 0 spiro atoms. The van der Waals surface area contributed by atoms with Crippen LogP contribution in [0, 0.1) is 0 Å². The van der Waals surface area contributed by atoms with Crippen LogP contribution in [0.1, 0.15) is 32.3 Å². The Balaban J connectivity index is 1.79. The van der Waals surface area contributed by atoms with Crippen molar-refractivity contribution in [1.29, 1.82) is 0 Å². The van der Waals surface area contributed by atoms with Crippen LogP contribution < -0.4 is 15.2 Å². The molecule has 1 aromatic carbocycles. The number of fused-ring (bicyclic) bond motifs is 2. The number of rotatable bonds is 4. The molecule has 2 amide bonds. The molecule has 1 atom stereocenters. The maximum Gasteiger partial charge on any atom is 0.265 e. The molecular formula is C17H16N2O6S2. The number of anilines is 1. The van der Waals surface area contributed by atoms with Gasteiger partial charge in [0.2, 0.25) is 0 Å². The van der Waals surface area contributed by atoms with Gasteiger partial charge in [-0.05, 0) is 17.7 Å². The number of imide groups is 1. The first kappa shape index (κ1) is 17.8. The second kappa shape index (κ2) is 6.24. The molecular weight excluding hydrogens is 392 g/mol. The fourth-order valence-electron chi connectivity index (χ4n) is 3.25. The van der Waals surface area contributed by atoms with Crippen molar-refractivity contribution in [2.24, 2.45) is 0 Å². The summed E-state index contributed by atoms with van der Waals surface area (Å²) in [6.45, 7) is 0.782. The minimum absolute atomic E-state index is 0.140. The molecule has 1 unspecified atom stereocenters. The van der Waals surface area contributed by atoms with E-state index in [0.717, 1.165) is 22.5 Å². The Morgan fingerprint density at radius 2 is 1.89 bits per heavy atom. The standard InChI is InChI=1S/C17H16N2O6S2/c1-27(22,23)8-11(9-2-3-12-13(6-9)25-5-4-24-12)19-16(20)10-7-26-15(18)14(10)17(19)21/h2-3,6-7,11H,4-5,8,18H2,1H3. The number of sulfone groups is 1. The highest BCUT2D eigenvalue weighted by Crippen LogP contribution is 2.40. The highest BCUT2D eigenvalue weighted by molar-refractivity contribution is 7.90. The van der Waals surface area contributed by atoms with Crippen LogP contribution in [0.3, 0.4) is 0 Å². The largest absolute Gasteiger partial charge is 0.486 e. The second-order valence-corrected chi connectivity index (χ2v) is 9.48. The van der Waals surface area contributed by atoms with Crippen molar-refractivity contribution in [1.82, 2.24) is 4.90 Å². The van der Waals surface area contributed by atoms with E-state index in [9.17, 15) is 18.0 Å². The lowest BCUT2D eigenvalue weighted by atomic mass is 10.1. The molecule has 2 N–H and O–H groups in total. The third kappa shape index (κ3) is 3.04. The van der Waals surface area contributed by atoms with Crippen LogP contribution in [0.25, 0.3) is 0 Å². The molecule has 2 aliphatic heterocycles. The van der Waals surface area contributed by atoms with Crippen LogP contribution in [0.5, 0.6) is 11.5 Å². The summed E-state index contributed by atoms with van der Waals surface area (Å²) in [6, 6.07) is 3.90. The average Bonchev–Trinajstić information content (AvgIpc) is 3.11. The zero-order valence-electron chi connectivity index (χ0n) is 14.3. The SMILES string of the molecule is CS(=O)(=O)CC(c1ccc2c(c1)OCCO2)N1C(=O)c2csc(N)c2C1=O. The van der Waals surface area contributed by atoms with Gasteiger partial charge in [0, 0.05) is 11.6 Å². The molecule has 142 valence electrons. The van der Waals surface area contributed by atoms with E-state index in [4.69, 9.17) is 15.2 Å². The van der Waals surface area contributed by atoms with Gasteiger partial charge in [-0.15, -0.1) is 11.3 Å². The zero-order valence-corrected chi connectivity index (χ0v) is 15.9. The zero-order chi connectivity index (χ0) is 19.3. The molecule has 2 aliphatic rings. The van der Waals surface area contributed by atoms with Gasteiger partial charge >= 0.3 is 0 Å². The minimum atomic E-state index is -3.50. The van der Waals surface area contributed by atoms with Crippen molar-refractivity contribution in [3.63, 3.8) is 0 Å². The molecule has 2 aromatic rings. The highest BCUT2D eigenvalue weighted by atomic mass is 32.2. The van der Waals surface area contributed by atoms with Gasteiger partial charge in [0.25, 0.3) is 11.8 Å². The van der Waals surface area contributed by atoms with Crippen LogP contribution >= 0.6 is 11.3 Å². The van der Waals surface area contributed by atoms with Crippen LogP contribution in [-0.2, 0) is 9.84 Å². The predicted molar refractivity (Wildman–Crippen MR) is 99.1 cm³/mol. The summed E-state index contributed by atoms with van der Waals surface area (Å²) >= 11 is 1.11. The summed E-state index contributed by atoms with van der Waals surface area (Å²) in [5.74, 6) is -0.559. The van der Waals surface area contributed by atoms with E-state index in [0.29, 0.717) is 30.3 Å². The number of nitrogens with zero attached hydrogens (tertiary/aromatic N) is 1. The molecule has 0 aliphatic carbocycles. The van der Waals surface area contributed by atoms with E-state index in [-0.39, 0.29) is 16.1 Å². The first-order valence-electron chi connectivity index (χ1n) is 8.08. The molecule has 4 rings (SSSR count). The van der Waals surface area contributed by atoms with Gasteiger partial charge in [0.05, 0.1) is 27.9 Å². The summed E-state index contributed by atoms with van der Waals surface area (Å²) < 4.78 is 35.1. The number of amides is 2. The number of hydrogen-bond donors (Lipinski definition) is 1. The summed E-state index contributed by atoms with van der Waals surface area (Å²) in [7, 11) is -3.50. The van der Waals surface area contributed by atoms with Crippen molar-refractivity contribution in [3.8, 4) is 11.5 Å². The third-order valence-corrected chi connectivity index (χ3v) is 6.16. The first-order chi connectivity index (χ1) is 12.8. The molecule has 0 radical (unpaired) electrons. The lowest BCUT2D eigenvalue weighted by Gasteiger charge is -2.27. The number of nitrogen functional groups attached to an aromatic ring is 1. The topological polar surface area (TPSA) is 116 Å². The second-order valence-electron chi connectivity index (χ2n) is 6.38. The molecule has 1 aromatic heterocycles. The Hall–Kier alpha value is -2.59. The normalized spacial score (nSPS) is 17.1. The molecule has 10 heteroatoms. The van der Waals surface area contributed by atoms with Crippen LogP contribution in [-0.4, -0.2) is 50.4 Å². The molecule has 0 fully saturated rings. The fraction of sp³-hybridized carbons (Fsp3) is 0.294. The van der Waals surface area contributed by atoms with Crippen molar-refractivity contribution in [3.05, 3.63) is 40.3 Å². The number of thiophene rings is 1. The van der Waals surface area contributed by atoms with Crippen LogP contribution in [0.2, 0.25) is 0 Å². The molecule has 8 nitrogen and oxygen atoms in total. The molecule has 0 saturated carbocycles. The Morgan fingerprint density at radius 1 is 1.19 bits per heavy atom. The van der Waals surface area contributed by atoms with E-state index < -0.39 is 33.4 Å². The number of carbonyl (C=O) groups is 2. The van der Waals surface area contributed by atoms with Gasteiger partial charge in [-0.3, -0.25) is 14.5 Å². The maximum atomic E-state index is 12.9. The maximum absolute atomic E-state index is 12.9. The fourth-order valence-corrected chi connectivity index (χ4v) is 4.94. The number of nitrogens with two attached hydrogens (primary N) is 1. The van der Waals surface area contributed by atoms with Crippen LogP contribution in [0.4, 0.5) is 5.00 Å². The molecule has 3 heterocycles. The van der Waals surface area contributed by atoms with E-state index in [1.165, 1.54) is 5.38 Å². The van der Waals surface area contributed by atoms with Crippen molar-refractivity contribution in [2.45, 2.75) is 6.04 Å². The van der Waals surface area contributed by atoms with E-state index >= 15 is 0 Å². The lowest BCUT2D eigenvalue weighted by molar-refractivity contribution is 0.0597. The number of hydrogen-bond acceptors (Lipinski definition) is 8. The quantitative estimate of drug-likeness (QED) is 0.762. The Labute approximate surface area is 159 Å². The smallest absolute Gasteiger partial charge is 0.265 e. The number of ether oxygens (including phenoxy) is 2. The molecule has 0 bridgehead atoms. The Bertz CT molecular complexity index is 1060. The van der Waals surface area contributed by atoms with Crippen molar-refractivity contribution >= 4 is 38.0 Å². The monoisotopic (exact) mass is 408 g/mol. The summed E-state index contributed by atoms with van der Waals surface area (Å²) in [5, 5.41) is 1.76. The third-order valence-electron chi connectivity index (χ3n) is 4.42. The van der Waals surface area contributed by atoms with Gasteiger partial charge < -0.3 is 15.2 Å². The van der Waals surface area contributed by atoms with E-state index in [1.54, 1.807) is 18.2 Å². The lowest BCUT2D eigenvalue weighted by Crippen LogP contribution is -2.38.